The Morgan fingerprint density at radius 2 is 2.50 bits per heavy atom. The highest BCUT2D eigenvalue weighted by molar-refractivity contribution is 5.78. The van der Waals surface area contributed by atoms with Crippen molar-refractivity contribution >= 4 is 12.4 Å². The van der Waals surface area contributed by atoms with E-state index in [1.807, 2.05) is 0 Å². The molecule has 1 fully saturated rings. The molecule has 0 aromatic carbocycles. The zero-order chi connectivity index (χ0) is 8.97. The summed E-state index contributed by atoms with van der Waals surface area (Å²) in [4.78, 5) is 22.9. The first kappa shape index (κ1) is 8.99. The number of amides is 1. The predicted molar refractivity (Wildman–Crippen MR) is 39.4 cm³/mol. The van der Waals surface area contributed by atoms with Crippen LogP contribution in [0.2, 0.25) is 0 Å². The molecule has 0 N–H and O–H groups in total. The molecule has 5 nitrogen and oxygen atoms in total. The van der Waals surface area contributed by atoms with Crippen LogP contribution in [0.4, 0.5) is 0 Å². The first-order chi connectivity index (χ1) is 5.79. The second kappa shape index (κ2) is 4.06. The molecule has 12 heavy (non-hydrogen) atoms. The monoisotopic (exact) mass is 173 g/mol. The Labute approximate surface area is 70.2 Å². The number of hydrogen-bond donors (Lipinski definition) is 0. The van der Waals surface area contributed by atoms with Crippen LogP contribution in [0.5, 0.6) is 0 Å². The van der Waals surface area contributed by atoms with E-state index in [1.54, 1.807) is 0 Å². The van der Waals surface area contributed by atoms with Crippen molar-refractivity contribution in [1.82, 2.24) is 4.90 Å². The molecule has 0 saturated carbocycles. The fourth-order valence-electron chi connectivity index (χ4n) is 1.08. The van der Waals surface area contributed by atoms with Crippen molar-refractivity contribution in [3.05, 3.63) is 0 Å². The molecule has 1 amide bonds. The van der Waals surface area contributed by atoms with E-state index in [1.165, 1.54) is 12.0 Å². The Hall–Kier alpha value is -1.10. The Balaban J connectivity index is 2.58. The molecule has 0 unspecified atom stereocenters. The third kappa shape index (κ3) is 1.73. The zero-order valence-electron chi connectivity index (χ0n) is 6.86. The number of ether oxygens (including phenoxy) is 2. The maximum Gasteiger partial charge on any atom is 0.330 e. The van der Waals surface area contributed by atoms with Crippen molar-refractivity contribution in [2.45, 2.75) is 6.04 Å². The van der Waals surface area contributed by atoms with E-state index in [9.17, 15) is 9.59 Å². The lowest BCUT2D eigenvalue weighted by Gasteiger charge is -2.30. The van der Waals surface area contributed by atoms with Gasteiger partial charge in [0, 0.05) is 6.54 Å². The topological polar surface area (TPSA) is 55.8 Å². The van der Waals surface area contributed by atoms with Crippen LogP contribution in [0, 0.1) is 0 Å². The standard InChI is InChI=1S/C7H11NO4/c1-11-7(10)6-4-12-3-2-8(6)5-9/h5-6H,2-4H2,1H3/t6-/m0/s1. The van der Waals surface area contributed by atoms with Gasteiger partial charge < -0.3 is 14.4 Å². The average Bonchev–Trinajstić information content (AvgIpc) is 2.16. The van der Waals surface area contributed by atoms with Gasteiger partial charge in [0.2, 0.25) is 6.41 Å². The van der Waals surface area contributed by atoms with E-state index in [2.05, 4.69) is 4.74 Å². The summed E-state index contributed by atoms with van der Waals surface area (Å²) in [5, 5.41) is 0. The molecule has 0 aromatic rings. The lowest BCUT2D eigenvalue weighted by Crippen LogP contribution is -2.49. The quantitative estimate of drug-likeness (QED) is 0.397. The fourth-order valence-corrected chi connectivity index (χ4v) is 1.08. The molecular formula is C7H11NO4. The largest absolute Gasteiger partial charge is 0.467 e. The van der Waals surface area contributed by atoms with Crippen molar-refractivity contribution in [1.29, 1.82) is 0 Å². The van der Waals surface area contributed by atoms with Crippen LogP contribution in [0.1, 0.15) is 0 Å². The highest BCUT2D eigenvalue weighted by Crippen LogP contribution is 2.05. The van der Waals surface area contributed by atoms with Gasteiger partial charge in [0.1, 0.15) is 0 Å². The van der Waals surface area contributed by atoms with Crippen LogP contribution < -0.4 is 0 Å². The van der Waals surface area contributed by atoms with Crippen molar-refractivity contribution < 1.29 is 19.1 Å². The van der Waals surface area contributed by atoms with Gasteiger partial charge in [-0.05, 0) is 0 Å². The third-order valence-corrected chi connectivity index (χ3v) is 1.78. The minimum atomic E-state index is -0.568. The summed E-state index contributed by atoms with van der Waals surface area (Å²) in [6.45, 7) is 1.15. The normalized spacial score (nSPS) is 23.4. The Morgan fingerprint density at radius 1 is 1.75 bits per heavy atom. The first-order valence-electron chi connectivity index (χ1n) is 3.66. The van der Waals surface area contributed by atoms with Crippen molar-refractivity contribution in [3.63, 3.8) is 0 Å². The summed E-state index contributed by atoms with van der Waals surface area (Å²) in [6, 6.07) is -0.568. The number of hydrogen-bond acceptors (Lipinski definition) is 4. The van der Waals surface area contributed by atoms with Gasteiger partial charge in [-0.1, -0.05) is 0 Å². The molecular weight excluding hydrogens is 162 g/mol. The van der Waals surface area contributed by atoms with Gasteiger partial charge in [-0.2, -0.15) is 0 Å². The molecule has 1 rings (SSSR count). The molecule has 1 aliphatic rings. The van der Waals surface area contributed by atoms with Gasteiger partial charge in [0.05, 0.1) is 20.3 Å². The maximum atomic E-state index is 11.0. The molecule has 1 heterocycles. The van der Waals surface area contributed by atoms with Crippen LogP contribution in [-0.4, -0.2) is 50.2 Å². The molecule has 1 atom stereocenters. The molecule has 0 radical (unpaired) electrons. The number of methoxy groups -OCH3 is 1. The van der Waals surface area contributed by atoms with Crippen molar-refractivity contribution in [2.75, 3.05) is 26.9 Å². The van der Waals surface area contributed by atoms with Crippen LogP contribution >= 0.6 is 0 Å². The third-order valence-electron chi connectivity index (χ3n) is 1.78. The maximum absolute atomic E-state index is 11.0. The molecule has 5 heteroatoms. The van der Waals surface area contributed by atoms with Gasteiger partial charge in [0.15, 0.2) is 6.04 Å². The Morgan fingerprint density at radius 3 is 3.08 bits per heavy atom. The first-order valence-corrected chi connectivity index (χ1v) is 3.66. The van der Waals surface area contributed by atoms with Crippen LogP contribution in [0.3, 0.4) is 0 Å². The van der Waals surface area contributed by atoms with E-state index in [4.69, 9.17) is 4.74 Å². The zero-order valence-corrected chi connectivity index (χ0v) is 6.86. The van der Waals surface area contributed by atoms with E-state index < -0.39 is 12.0 Å². The molecule has 0 aliphatic carbocycles. The average molecular weight is 173 g/mol. The SMILES string of the molecule is COC(=O)[C@@H]1COCCN1C=O. The molecule has 0 aromatic heterocycles. The van der Waals surface area contributed by atoms with Gasteiger partial charge in [-0.25, -0.2) is 4.79 Å². The van der Waals surface area contributed by atoms with E-state index >= 15 is 0 Å². The molecule has 1 aliphatic heterocycles. The summed E-state index contributed by atoms with van der Waals surface area (Å²) < 4.78 is 9.54. The predicted octanol–water partition coefficient (Wildman–Crippen LogP) is -0.983. The van der Waals surface area contributed by atoms with Gasteiger partial charge >= 0.3 is 5.97 Å². The van der Waals surface area contributed by atoms with Crippen molar-refractivity contribution in [3.8, 4) is 0 Å². The lowest BCUT2D eigenvalue weighted by molar-refractivity contribution is -0.156. The second-order valence-electron chi connectivity index (χ2n) is 2.46. The molecule has 1 saturated heterocycles. The van der Waals surface area contributed by atoms with Crippen LogP contribution in [0.15, 0.2) is 0 Å². The number of carbonyl (C=O) groups is 2. The molecule has 0 spiro atoms. The smallest absolute Gasteiger partial charge is 0.330 e. The van der Waals surface area contributed by atoms with Gasteiger partial charge in [0.25, 0.3) is 0 Å². The minimum absolute atomic E-state index is 0.228. The highest BCUT2D eigenvalue weighted by Gasteiger charge is 2.28. The van der Waals surface area contributed by atoms with E-state index in [0.29, 0.717) is 19.6 Å². The lowest BCUT2D eigenvalue weighted by atomic mass is 10.2. The number of esters is 1. The summed E-state index contributed by atoms with van der Waals surface area (Å²) in [5.74, 6) is -0.429. The van der Waals surface area contributed by atoms with Gasteiger partial charge in [-0.3, -0.25) is 4.79 Å². The molecule has 0 bridgehead atoms. The minimum Gasteiger partial charge on any atom is -0.467 e. The fraction of sp³-hybridized carbons (Fsp3) is 0.714. The summed E-state index contributed by atoms with van der Waals surface area (Å²) in [6.07, 6.45) is 0.643. The Bertz CT molecular complexity index is 182. The molecule has 68 valence electrons. The van der Waals surface area contributed by atoms with Crippen LogP contribution in [0.25, 0.3) is 0 Å². The summed E-state index contributed by atoms with van der Waals surface area (Å²) >= 11 is 0. The van der Waals surface area contributed by atoms with Crippen molar-refractivity contribution in [2.24, 2.45) is 0 Å². The second-order valence-corrected chi connectivity index (χ2v) is 2.46. The van der Waals surface area contributed by atoms with Crippen LogP contribution in [-0.2, 0) is 19.1 Å². The Kier molecular flexibility index (Phi) is 3.04. The number of rotatable bonds is 2. The van der Waals surface area contributed by atoms with E-state index in [-0.39, 0.29) is 6.61 Å². The van der Waals surface area contributed by atoms with E-state index in [0.717, 1.165) is 0 Å². The van der Waals surface area contributed by atoms with Gasteiger partial charge in [-0.15, -0.1) is 0 Å². The number of morpholine rings is 1. The highest BCUT2D eigenvalue weighted by atomic mass is 16.5. The number of nitrogens with zero attached hydrogens (tertiary/aromatic N) is 1. The summed E-state index contributed by atoms with van der Waals surface area (Å²) in [7, 11) is 1.29. The summed E-state index contributed by atoms with van der Waals surface area (Å²) in [5.41, 5.74) is 0. The number of carbonyl (C=O) groups excluding carboxylic acids is 2.